The van der Waals surface area contributed by atoms with Gasteiger partial charge in [0.15, 0.2) is 0 Å². The average Bonchev–Trinajstić information content (AvgIpc) is 2.96. The number of fused-ring (bicyclic) bond motifs is 1. The molecule has 0 amide bonds. The minimum absolute atomic E-state index is 0.822. The SMILES string of the molecule is CC(C)CN1C[C@H]2CCC[C@@H](CN(C)C)[C@H]2C1.O=C(O)C(F)(F)F.O=C(O)C(F)(F)F. The van der Waals surface area contributed by atoms with Crippen LogP contribution in [0.2, 0.25) is 0 Å². The zero-order valence-corrected chi connectivity index (χ0v) is 18.1. The van der Waals surface area contributed by atoms with E-state index < -0.39 is 24.3 Å². The molecule has 1 saturated heterocycles. The largest absolute Gasteiger partial charge is 0.490 e. The van der Waals surface area contributed by atoms with Crippen LogP contribution in [0.3, 0.4) is 0 Å². The monoisotopic (exact) mass is 466 g/mol. The van der Waals surface area contributed by atoms with Crippen LogP contribution in [-0.2, 0) is 9.59 Å². The third kappa shape index (κ3) is 12.2. The lowest BCUT2D eigenvalue weighted by Crippen LogP contribution is -2.34. The molecule has 3 atom stereocenters. The number of alkyl halides is 6. The first-order valence-corrected chi connectivity index (χ1v) is 9.92. The molecule has 1 saturated carbocycles. The van der Waals surface area contributed by atoms with E-state index in [2.05, 4.69) is 37.7 Å². The van der Waals surface area contributed by atoms with Crippen LogP contribution in [-0.4, -0.2) is 84.6 Å². The molecule has 2 rings (SSSR count). The number of carboxylic acids is 2. The third-order valence-electron chi connectivity index (χ3n) is 5.03. The Bertz CT molecular complexity index is 543. The van der Waals surface area contributed by atoms with Crippen LogP contribution in [0.5, 0.6) is 0 Å². The van der Waals surface area contributed by atoms with E-state index in [1.807, 2.05) is 0 Å². The smallest absolute Gasteiger partial charge is 0.475 e. The van der Waals surface area contributed by atoms with Crippen molar-refractivity contribution in [2.45, 2.75) is 45.5 Å². The minimum atomic E-state index is -5.08. The van der Waals surface area contributed by atoms with E-state index in [1.165, 1.54) is 45.4 Å². The van der Waals surface area contributed by atoms with Crippen molar-refractivity contribution in [1.29, 1.82) is 0 Å². The van der Waals surface area contributed by atoms with Gasteiger partial charge in [0, 0.05) is 26.2 Å². The number of halogens is 6. The maximum absolute atomic E-state index is 10.6. The maximum Gasteiger partial charge on any atom is 0.490 e. The summed E-state index contributed by atoms with van der Waals surface area (Å²) in [5.74, 6) is -1.74. The Morgan fingerprint density at radius 1 is 0.968 bits per heavy atom. The number of aliphatic carboxylic acids is 2. The molecular weight excluding hydrogens is 434 g/mol. The van der Waals surface area contributed by atoms with E-state index in [0.29, 0.717) is 0 Å². The Morgan fingerprint density at radius 2 is 1.42 bits per heavy atom. The van der Waals surface area contributed by atoms with Crippen LogP contribution < -0.4 is 0 Å². The summed E-state index contributed by atoms with van der Waals surface area (Å²) >= 11 is 0. The van der Waals surface area contributed by atoms with Gasteiger partial charge in [0.05, 0.1) is 0 Å². The van der Waals surface area contributed by atoms with Crippen LogP contribution in [0.4, 0.5) is 26.3 Å². The van der Waals surface area contributed by atoms with E-state index in [0.717, 1.165) is 23.7 Å². The fourth-order valence-corrected chi connectivity index (χ4v) is 4.05. The van der Waals surface area contributed by atoms with E-state index in [4.69, 9.17) is 19.8 Å². The van der Waals surface area contributed by atoms with Gasteiger partial charge in [-0.05, 0) is 50.6 Å². The third-order valence-corrected chi connectivity index (χ3v) is 5.03. The zero-order chi connectivity index (χ0) is 24.6. The molecule has 31 heavy (non-hydrogen) atoms. The van der Waals surface area contributed by atoms with Gasteiger partial charge in [-0.3, -0.25) is 0 Å². The summed E-state index contributed by atoms with van der Waals surface area (Å²) in [5, 5.41) is 14.2. The lowest BCUT2D eigenvalue weighted by atomic mass is 9.74. The molecule has 1 aliphatic carbocycles. The molecule has 0 aromatic carbocycles. The van der Waals surface area contributed by atoms with Crippen LogP contribution >= 0.6 is 0 Å². The van der Waals surface area contributed by atoms with Crippen LogP contribution in [0.1, 0.15) is 33.1 Å². The average molecular weight is 466 g/mol. The fraction of sp³-hybridized carbons (Fsp3) is 0.895. The fourth-order valence-electron chi connectivity index (χ4n) is 4.05. The Morgan fingerprint density at radius 3 is 1.77 bits per heavy atom. The zero-order valence-electron chi connectivity index (χ0n) is 18.1. The summed E-state index contributed by atoms with van der Waals surface area (Å²) in [6.45, 7) is 10.1. The topological polar surface area (TPSA) is 81.1 Å². The van der Waals surface area contributed by atoms with Crippen LogP contribution in [0.25, 0.3) is 0 Å². The molecule has 0 aromatic rings. The molecule has 12 heteroatoms. The van der Waals surface area contributed by atoms with Gasteiger partial charge in [0.25, 0.3) is 0 Å². The Hall–Kier alpha value is -1.56. The standard InChI is InChI=1S/C15H30N2.2C2HF3O2/c1-12(2)8-17-10-14-7-5-6-13(9-16(3)4)15(14)11-17;2*3-2(4,5)1(6)7/h12-15H,5-11H2,1-4H3;2*(H,6,7)/t13-,14+,15+;;/m0../s1. The number of hydrogen-bond acceptors (Lipinski definition) is 4. The van der Waals surface area contributed by atoms with Crippen molar-refractivity contribution in [1.82, 2.24) is 9.80 Å². The number of rotatable bonds is 4. The summed E-state index contributed by atoms with van der Waals surface area (Å²) in [6.07, 6.45) is -5.74. The number of carboxylic acid groups (broad SMARTS) is 2. The number of nitrogens with zero attached hydrogens (tertiary/aromatic N) is 2. The first kappa shape index (κ1) is 29.4. The van der Waals surface area contributed by atoms with Gasteiger partial charge in [-0.25, -0.2) is 9.59 Å². The van der Waals surface area contributed by atoms with Crippen molar-refractivity contribution in [2.24, 2.45) is 23.7 Å². The van der Waals surface area contributed by atoms with Crippen molar-refractivity contribution in [3.05, 3.63) is 0 Å². The van der Waals surface area contributed by atoms with Crippen LogP contribution in [0.15, 0.2) is 0 Å². The second-order valence-corrected chi connectivity index (χ2v) is 8.60. The summed E-state index contributed by atoms with van der Waals surface area (Å²) in [5.41, 5.74) is 0. The number of carbonyl (C=O) groups is 2. The molecular formula is C19H32F6N2O4. The lowest BCUT2D eigenvalue weighted by Gasteiger charge is -2.34. The van der Waals surface area contributed by atoms with Gasteiger partial charge in [0.1, 0.15) is 0 Å². The Labute approximate surface area is 178 Å². The summed E-state index contributed by atoms with van der Waals surface area (Å²) in [4.78, 5) is 22.9. The summed E-state index contributed by atoms with van der Waals surface area (Å²) < 4.78 is 63.5. The molecule has 1 aliphatic heterocycles. The van der Waals surface area contributed by atoms with E-state index in [1.54, 1.807) is 0 Å². The molecule has 2 aliphatic rings. The lowest BCUT2D eigenvalue weighted by molar-refractivity contribution is -0.193. The Balaban J connectivity index is 0.000000536. The predicted molar refractivity (Wildman–Crippen MR) is 102 cm³/mol. The van der Waals surface area contributed by atoms with Gasteiger partial charge in [-0.15, -0.1) is 0 Å². The number of hydrogen-bond donors (Lipinski definition) is 2. The molecule has 2 N–H and O–H groups in total. The minimum Gasteiger partial charge on any atom is -0.475 e. The first-order chi connectivity index (χ1) is 13.9. The van der Waals surface area contributed by atoms with Gasteiger partial charge in [-0.1, -0.05) is 20.3 Å². The molecule has 2 fully saturated rings. The summed E-state index contributed by atoms with van der Waals surface area (Å²) in [6, 6.07) is 0. The van der Waals surface area contributed by atoms with Gasteiger partial charge in [-0.2, -0.15) is 26.3 Å². The molecule has 1 heterocycles. The van der Waals surface area contributed by atoms with Gasteiger partial charge >= 0.3 is 24.3 Å². The molecule has 6 nitrogen and oxygen atoms in total. The number of likely N-dealkylation sites (tertiary alicyclic amines) is 1. The molecule has 0 spiro atoms. The van der Waals surface area contributed by atoms with E-state index in [-0.39, 0.29) is 0 Å². The normalized spacial score (nSPS) is 24.1. The highest BCUT2D eigenvalue weighted by Gasteiger charge is 2.40. The highest BCUT2D eigenvalue weighted by molar-refractivity contribution is 5.73. The quantitative estimate of drug-likeness (QED) is 0.614. The van der Waals surface area contributed by atoms with Crippen molar-refractivity contribution < 1.29 is 46.1 Å². The predicted octanol–water partition coefficient (Wildman–Crippen LogP) is 3.82. The highest BCUT2D eigenvalue weighted by Crippen LogP contribution is 2.40. The van der Waals surface area contributed by atoms with Gasteiger partial charge < -0.3 is 20.0 Å². The molecule has 0 bridgehead atoms. The Kier molecular flexibility index (Phi) is 11.8. The van der Waals surface area contributed by atoms with Crippen LogP contribution in [0, 0.1) is 23.7 Å². The van der Waals surface area contributed by atoms with E-state index >= 15 is 0 Å². The molecule has 0 aromatic heterocycles. The molecule has 0 radical (unpaired) electrons. The van der Waals surface area contributed by atoms with Crippen molar-refractivity contribution in [3.8, 4) is 0 Å². The van der Waals surface area contributed by atoms with Crippen molar-refractivity contribution >= 4 is 11.9 Å². The summed E-state index contributed by atoms with van der Waals surface area (Å²) in [7, 11) is 4.45. The van der Waals surface area contributed by atoms with Gasteiger partial charge in [0.2, 0.25) is 0 Å². The molecule has 184 valence electrons. The van der Waals surface area contributed by atoms with Crippen molar-refractivity contribution in [2.75, 3.05) is 40.3 Å². The maximum atomic E-state index is 10.6. The highest BCUT2D eigenvalue weighted by atomic mass is 19.4. The van der Waals surface area contributed by atoms with Crippen molar-refractivity contribution in [3.63, 3.8) is 0 Å². The van der Waals surface area contributed by atoms with E-state index in [9.17, 15) is 26.3 Å². The molecule has 0 unspecified atom stereocenters. The second kappa shape index (κ2) is 12.5. The second-order valence-electron chi connectivity index (χ2n) is 8.60. The first-order valence-electron chi connectivity index (χ1n) is 9.92.